The summed E-state index contributed by atoms with van der Waals surface area (Å²) in [6.07, 6.45) is 6.21. The minimum atomic E-state index is -0.945. The molecule has 2 N–H and O–H groups in total. The first kappa shape index (κ1) is 33.0. The topological polar surface area (TPSA) is 87.7 Å². The molecule has 1 aromatic rings. The van der Waals surface area contributed by atoms with Crippen LogP contribution in [0.25, 0.3) is 0 Å². The highest BCUT2D eigenvalue weighted by atomic mass is 32.1. The normalized spacial score (nSPS) is 16.8. The average molecular weight is 562 g/mol. The maximum absolute atomic E-state index is 14.3. The molecule has 0 bridgehead atoms. The van der Waals surface area contributed by atoms with E-state index in [9.17, 15) is 14.4 Å². The van der Waals surface area contributed by atoms with Gasteiger partial charge in [0.1, 0.15) is 17.7 Å². The zero-order valence-electron chi connectivity index (χ0n) is 25.3. The number of amides is 3. The van der Waals surface area contributed by atoms with E-state index in [1.165, 1.54) is 6.42 Å². The van der Waals surface area contributed by atoms with Gasteiger partial charge in [0.05, 0.1) is 0 Å². The van der Waals surface area contributed by atoms with Gasteiger partial charge in [0.2, 0.25) is 11.8 Å². The molecule has 3 atom stereocenters. The van der Waals surface area contributed by atoms with Gasteiger partial charge < -0.3 is 20.3 Å². The van der Waals surface area contributed by atoms with Crippen molar-refractivity contribution < 1.29 is 19.1 Å². The van der Waals surface area contributed by atoms with E-state index in [1.807, 2.05) is 39.0 Å². The molecule has 0 heterocycles. The third-order valence-electron chi connectivity index (χ3n) is 7.48. The van der Waals surface area contributed by atoms with Crippen LogP contribution in [0.5, 0.6) is 0 Å². The molecule has 220 valence electrons. The average Bonchev–Trinajstić information content (AvgIpc) is 2.85. The van der Waals surface area contributed by atoms with Crippen molar-refractivity contribution in [3.05, 3.63) is 34.9 Å². The number of ether oxygens (including phenoxy) is 1. The number of nitrogens with zero attached hydrogens (tertiary/aromatic N) is 1. The molecule has 3 amide bonds. The molecule has 0 radical (unpaired) electrons. The van der Waals surface area contributed by atoms with Crippen molar-refractivity contribution in [2.24, 2.45) is 5.92 Å². The summed E-state index contributed by atoms with van der Waals surface area (Å²) in [5.74, 6) is 0.0161. The van der Waals surface area contributed by atoms with Gasteiger partial charge >= 0.3 is 6.09 Å². The fourth-order valence-electron chi connectivity index (χ4n) is 5.14. The molecule has 1 saturated carbocycles. The molecule has 0 saturated heterocycles. The summed E-state index contributed by atoms with van der Waals surface area (Å²) in [4.78, 5) is 42.8. The predicted octanol–water partition coefficient (Wildman–Crippen LogP) is 6.27. The maximum atomic E-state index is 14.3. The van der Waals surface area contributed by atoms with Crippen molar-refractivity contribution in [1.29, 1.82) is 0 Å². The zero-order valence-corrected chi connectivity index (χ0v) is 26.2. The van der Waals surface area contributed by atoms with Gasteiger partial charge in [-0.2, -0.15) is 12.6 Å². The zero-order chi connectivity index (χ0) is 29.3. The molecule has 1 aliphatic carbocycles. The molecule has 0 aromatic heterocycles. The lowest BCUT2D eigenvalue weighted by molar-refractivity contribution is -0.145. The summed E-state index contributed by atoms with van der Waals surface area (Å²) in [6, 6.07) is 3.98. The van der Waals surface area contributed by atoms with Gasteiger partial charge in [-0.25, -0.2) is 4.79 Å². The lowest BCUT2D eigenvalue weighted by atomic mass is 9.91. The number of nitrogens with one attached hydrogen (secondary N) is 2. The van der Waals surface area contributed by atoms with Crippen LogP contribution < -0.4 is 10.6 Å². The first-order valence-electron chi connectivity index (χ1n) is 14.5. The standard InChI is InChI=1S/C31H51N3O4S/c1-20(2)17-18-22(4)34(29(36)26(19-39)33-30(37)38-31(6,7)8)27(25-16-12-13-21(3)23(25)5)28(35)32-24-14-10-9-11-15-24/h12-13,16,20,22,24,26-27,39H,9-11,14-15,17-19H2,1-8H3,(H,32,35)(H,33,37). The van der Waals surface area contributed by atoms with E-state index < -0.39 is 23.8 Å². The van der Waals surface area contributed by atoms with Crippen molar-refractivity contribution in [2.45, 2.75) is 130 Å². The van der Waals surface area contributed by atoms with Crippen LogP contribution in [0.3, 0.4) is 0 Å². The number of hydrogen-bond acceptors (Lipinski definition) is 5. The molecule has 39 heavy (non-hydrogen) atoms. The van der Waals surface area contributed by atoms with Crippen LogP contribution in [0.1, 0.15) is 109 Å². The second-order valence-corrected chi connectivity index (χ2v) is 12.8. The summed E-state index contributed by atoms with van der Waals surface area (Å²) in [7, 11) is 0. The van der Waals surface area contributed by atoms with Gasteiger partial charge in [-0.3, -0.25) is 9.59 Å². The molecule has 0 aliphatic heterocycles. The van der Waals surface area contributed by atoms with Crippen molar-refractivity contribution >= 4 is 30.5 Å². The Balaban J connectivity index is 2.55. The fourth-order valence-corrected chi connectivity index (χ4v) is 5.39. The summed E-state index contributed by atoms with van der Waals surface area (Å²) in [6.45, 7) is 15.6. The van der Waals surface area contributed by atoms with Crippen molar-refractivity contribution in [3.63, 3.8) is 0 Å². The Morgan fingerprint density at radius 3 is 2.26 bits per heavy atom. The number of alkyl carbamates (subject to hydrolysis) is 1. The predicted molar refractivity (Wildman–Crippen MR) is 161 cm³/mol. The third-order valence-corrected chi connectivity index (χ3v) is 7.85. The molecule has 1 fully saturated rings. The Morgan fingerprint density at radius 1 is 1.05 bits per heavy atom. The fraction of sp³-hybridized carbons (Fsp3) is 0.710. The smallest absolute Gasteiger partial charge is 0.408 e. The molecular weight excluding hydrogens is 510 g/mol. The molecule has 1 aromatic carbocycles. The number of benzene rings is 1. The Labute approximate surface area is 241 Å². The molecule has 8 heteroatoms. The van der Waals surface area contributed by atoms with Gasteiger partial charge in [-0.15, -0.1) is 0 Å². The Morgan fingerprint density at radius 2 is 1.69 bits per heavy atom. The highest BCUT2D eigenvalue weighted by molar-refractivity contribution is 7.80. The van der Waals surface area contributed by atoms with E-state index >= 15 is 0 Å². The Hall–Kier alpha value is -2.22. The van der Waals surface area contributed by atoms with E-state index in [1.54, 1.807) is 25.7 Å². The van der Waals surface area contributed by atoms with Gasteiger partial charge in [0, 0.05) is 17.8 Å². The maximum Gasteiger partial charge on any atom is 0.408 e. The molecule has 2 rings (SSSR count). The number of thiol groups is 1. The molecule has 3 unspecified atom stereocenters. The Bertz CT molecular complexity index is 969. The van der Waals surface area contributed by atoms with E-state index in [0.29, 0.717) is 5.92 Å². The summed E-state index contributed by atoms with van der Waals surface area (Å²) < 4.78 is 5.43. The van der Waals surface area contributed by atoms with Crippen molar-refractivity contribution in [1.82, 2.24) is 15.5 Å². The van der Waals surface area contributed by atoms with Crippen molar-refractivity contribution in [3.8, 4) is 0 Å². The van der Waals surface area contributed by atoms with Crippen LogP contribution in [0.4, 0.5) is 4.79 Å². The van der Waals surface area contributed by atoms with Crippen LogP contribution in [0.15, 0.2) is 18.2 Å². The molecule has 0 spiro atoms. The number of aryl methyl sites for hydroxylation is 1. The van der Waals surface area contributed by atoms with Gasteiger partial charge in [0.25, 0.3) is 0 Å². The third kappa shape index (κ3) is 10.0. The van der Waals surface area contributed by atoms with Crippen LogP contribution in [-0.2, 0) is 14.3 Å². The van der Waals surface area contributed by atoms with Crippen molar-refractivity contribution in [2.75, 3.05) is 5.75 Å². The summed E-state index contributed by atoms with van der Waals surface area (Å²) in [5.41, 5.74) is 2.14. The molecular formula is C31H51N3O4S. The monoisotopic (exact) mass is 561 g/mol. The second-order valence-electron chi connectivity index (χ2n) is 12.5. The number of hydrogen-bond donors (Lipinski definition) is 3. The quantitative estimate of drug-likeness (QED) is 0.278. The minimum absolute atomic E-state index is 0.0786. The molecule has 1 aliphatic rings. The van der Waals surface area contributed by atoms with Gasteiger partial charge in [-0.1, -0.05) is 51.3 Å². The number of carbonyl (C=O) groups excluding carboxylic acids is 3. The number of rotatable bonds is 11. The van der Waals surface area contributed by atoms with Crippen LogP contribution in [0.2, 0.25) is 0 Å². The Kier molecular flexibility index (Phi) is 12.7. The summed E-state index contributed by atoms with van der Waals surface area (Å²) >= 11 is 4.42. The van der Waals surface area contributed by atoms with E-state index in [0.717, 1.165) is 55.2 Å². The van der Waals surface area contributed by atoms with Gasteiger partial charge in [-0.05, 0) is 89.8 Å². The molecule has 7 nitrogen and oxygen atoms in total. The minimum Gasteiger partial charge on any atom is -0.444 e. The van der Waals surface area contributed by atoms with Crippen LogP contribution in [-0.4, -0.2) is 52.3 Å². The van der Waals surface area contributed by atoms with E-state index in [4.69, 9.17) is 4.74 Å². The number of carbonyl (C=O) groups is 3. The highest BCUT2D eigenvalue weighted by Gasteiger charge is 2.39. The second kappa shape index (κ2) is 15.0. The largest absolute Gasteiger partial charge is 0.444 e. The first-order valence-corrected chi connectivity index (χ1v) is 15.2. The van der Waals surface area contributed by atoms with E-state index in [2.05, 4.69) is 37.1 Å². The highest BCUT2D eigenvalue weighted by Crippen LogP contribution is 2.31. The van der Waals surface area contributed by atoms with Crippen LogP contribution in [0, 0.1) is 19.8 Å². The lowest BCUT2D eigenvalue weighted by Crippen LogP contribution is -2.57. The lowest BCUT2D eigenvalue weighted by Gasteiger charge is -2.40. The SMILES string of the molecule is Cc1cccc(C(C(=O)NC2CCCCC2)N(C(=O)C(CS)NC(=O)OC(C)(C)C)C(C)CCC(C)C)c1C. The van der Waals surface area contributed by atoms with Crippen LogP contribution >= 0.6 is 12.6 Å². The van der Waals surface area contributed by atoms with E-state index in [-0.39, 0.29) is 29.7 Å². The summed E-state index contributed by atoms with van der Waals surface area (Å²) in [5, 5.41) is 6.00. The van der Waals surface area contributed by atoms with Gasteiger partial charge in [0.15, 0.2) is 0 Å². The first-order chi connectivity index (χ1) is 18.2.